The molecule has 0 aliphatic heterocycles. The van der Waals surface area contributed by atoms with E-state index in [4.69, 9.17) is 5.53 Å². The maximum atomic E-state index is 13.9. The minimum absolute atomic E-state index is 0.225. The van der Waals surface area contributed by atoms with Crippen molar-refractivity contribution in [1.29, 1.82) is 0 Å². The number of halogens is 1. The van der Waals surface area contributed by atoms with Gasteiger partial charge >= 0.3 is 0 Å². The molecule has 1 aliphatic carbocycles. The number of hydrogen-bond acceptors (Lipinski definition) is 1. The maximum absolute atomic E-state index is 13.9. The van der Waals surface area contributed by atoms with E-state index in [1.165, 1.54) is 11.3 Å². The minimum atomic E-state index is -1.47. The van der Waals surface area contributed by atoms with Gasteiger partial charge in [0.1, 0.15) is 5.82 Å². The zero-order valence-electron chi connectivity index (χ0n) is 10.4. The lowest BCUT2D eigenvalue weighted by Crippen LogP contribution is -2.40. The predicted molar refractivity (Wildman–Crippen MR) is 69.6 cm³/mol. The number of nitrogens with zero attached hydrogens (tertiary/aromatic N) is 3. The average Bonchev–Trinajstić information content (AvgIpc) is 2.62. The standard InChI is InChI=1S/C12H16FN3Si/c1-17(2,3)11-7-5-9(13)12-8(11)4-6-10(12)15-16-14/h5,7,10H,4,6H2,1-3H3. The summed E-state index contributed by atoms with van der Waals surface area (Å²) in [5, 5.41) is 5.00. The maximum Gasteiger partial charge on any atom is 0.127 e. The lowest BCUT2D eigenvalue weighted by Gasteiger charge is -2.21. The van der Waals surface area contributed by atoms with Gasteiger partial charge in [0.25, 0.3) is 0 Å². The Balaban J connectivity index is 2.61. The summed E-state index contributed by atoms with van der Waals surface area (Å²) in [4.78, 5) is 2.82. The van der Waals surface area contributed by atoms with E-state index in [1.807, 2.05) is 6.07 Å². The molecule has 0 N–H and O–H groups in total. The number of rotatable bonds is 2. The molecule has 0 bridgehead atoms. The Labute approximate surface area is 101 Å². The zero-order valence-corrected chi connectivity index (χ0v) is 11.4. The first-order valence-corrected chi connectivity index (χ1v) is 9.31. The summed E-state index contributed by atoms with van der Waals surface area (Å²) in [6.45, 7) is 6.75. The van der Waals surface area contributed by atoms with Crippen molar-refractivity contribution in [3.8, 4) is 0 Å². The molecule has 17 heavy (non-hydrogen) atoms. The van der Waals surface area contributed by atoms with E-state index >= 15 is 0 Å². The molecule has 0 radical (unpaired) electrons. The van der Waals surface area contributed by atoms with E-state index < -0.39 is 8.07 Å². The van der Waals surface area contributed by atoms with Gasteiger partial charge in [-0.25, -0.2) is 4.39 Å². The predicted octanol–water partition coefficient (Wildman–Crippen LogP) is 3.67. The third-order valence-electron chi connectivity index (χ3n) is 3.30. The highest BCUT2D eigenvalue weighted by atomic mass is 28.3. The van der Waals surface area contributed by atoms with Crippen LogP contribution in [0.3, 0.4) is 0 Å². The highest BCUT2D eigenvalue weighted by Crippen LogP contribution is 2.36. The summed E-state index contributed by atoms with van der Waals surface area (Å²) in [6, 6.07) is 3.13. The van der Waals surface area contributed by atoms with Gasteiger partial charge in [0.15, 0.2) is 0 Å². The Hall–Kier alpha value is -1.32. The number of azide groups is 1. The van der Waals surface area contributed by atoms with E-state index in [1.54, 1.807) is 0 Å². The second kappa shape index (κ2) is 4.16. The molecule has 0 saturated carbocycles. The Morgan fingerprint density at radius 2 is 2.12 bits per heavy atom. The molecular formula is C12H16FN3Si. The molecule has 90 valence electrons. The van der Waals surface area contributed by atoms with Gasteiger partial charge in [0, 0.05) is 4.91 Å². The van der Waals surface area contributed by atoms with Gasteiger partial charge in [-0.1, -0.05) is 36.0 Å². The summed E-state index contributed by atoms with van der Waals surface area (Å²) < 4.78 is 13.9. The third-order valence-corrected chi connectivity index (χ3v) is 5.39. The first-order chi connectivity index (χ1) is 7.95. The fourth-order valence-electron chi connectivity index (χ4n) is 2.57. The largest absolute Gasteiger partial charge is 0.207 e. The molecule has 0 amide bonds. The van der Waals surface area contributed by atoms with Gasteiger partial charge in [0.2, 0.25) is 0 Å². The second-order valence-corrected chi connectivity index (χ2v) is 10.5. The molecular weight excluding hydrogens is 233 g/mol. The summed E-state index contributed by atoms with van der Waals surface area (Å²) in [7, 11) is -1.47. The van der Waals surface area contributed by atoms with Crippen LogP contribution in [-0.2, 0) is 6.42 Å². The second-order valence-electron chi connectivity index (χ2n) is 5.50. The van der Waals surface area contributed by atoms with Crippen molar-refractivity contribution in [2.24, 2.45) is 5.11 Å². The minimum Gasteiger partial charge on any atom is -0.207 e. The van der Waals surface area contributed by atoms with Crippen LogP contribution < -0.4 is 5.19 Å². The fourth-order valence-corrected chi connectivity index (χ4v) is 4.32. The van der Waals surface area contributed by atoms with Gasteiger partial charge < -0.3 is 0 Å². The van der Waals surface area contributed by atoms with E-state index in [0.717, 1.165) is 18.4 Å². The van der Waals surface area contributed by atoms with Gasteiger partial charge in [-0.15, -0.1) is 0 Å². The number of fused-ring (bicyclic) bond motifs is 1. The van der Waals surface area contributed by atoms with Gasteiger partial charge in [-0.3, -0.25) is 0 Å². The molecule has 0 saturated heterocycles. The summed E-state index contributed by atoms with van der Waals surface area (Å²) in [5.74, 6) is -0.225. The Morgan fingerprint density at radius 3 is 2.71 bits per heavy atom. The van der Waals surface area contributed by atoms with Crippen LogP contribution >= 0.6 is 0 Å². The van der Waals surface area contributed by atoms with Crippen molar-refractivity contribution < 1.29 is 4.39 Å². The summed E-state index contributed by atoms with van der Waals surface area (Å²) >= 11 is 0. The quantitative estimate of drug-likeness (QED) is 0.332. The van der Waals surface area contributed by atoms with Crippen LogP contribution in [-0.4, -0.2) is 8.07 Å². The van der Waals surface area contributed by atoms with Crippen LogP contribution in [0, 0.1) is 5.82 Å². The molecule has 3 nitrogen and oxygen atoms in total. The van der Waals surface area contributed by atoms with Crippen LogP contribution in [0.25, 0.3) is 10.4 Å². The molecule has 1 aliphatic rings. The Bertz CT molecular complexity index is 501. The van der Waals surface area contributed by atoms with Crippen molar-refractivity contribution in [2.45, 2.75) is 38.5 Å². The van der Waals surface area contributed by atoms with Crippen molar-refractivity contribution >= 4 is 13.3 Å². The van der Waals surface area contributed by atoms with Crippen molar-refractivity contribution in [2.75, 3.05) is 0 Å². The molecule has 0 heterocycles. The van der Waals surface area contributed by atoms with Crippen LogP contribution in [0.2, 0.25) is 19.6 Å². The van der Waals surface area contributed by atoms with E-state index in [9.17, 15) is 4.39 Å². The SMILES string of the molecule is C[Si](C)(C)c1ccc(F)c2c1CCC2N=[N+]=[N-]. The summed E-state index contributed by atoms with van der Waals surface area (Å²) in [5.41, 5.74) is 10.3. The van der Waals surface area contributed by atoms with E-state index in [2.05, 4.69) is 29.7 Å². The lowest BCUT2D eigenvalue weighted by molar-refractivity contribution is 0.588. The Kier molecular flexibility index (Phi) is 2.97. The number of hydrogen-bond donors (Lipinski definition) is 0. The molecule has 0 fully saturated rings. The molecule has 1 aromatic rings. The average molecular weight is 249 g/mol. The first-order valence-electron chi connectivity index (χ1n) is 5.81. The molecule has 0 aromatic heterocycles. The molecule has 1 aromatic carbocycles. The topological polar surface area (TPSA) is 48.8 Å². The Morgan fingerprint density at radius 1 is 1.41 bits per heavy atom. The van der Waals surface area contributed by atoms with E-state index in [0.29, 0.717) is 5.56 Å². The molecule has 1 atom stereocenters. The van der Waals surface area contributed by atoms with Crippen molar-refractivity contribution in [3.63, 3.8) is 0 Å². The van der Waals surface area contributed by atoms with Crippen molar-refractivity contribution in [3.05, 3.63) is 39.5 Å². The zero-order chi connectivity index (χ0) is 12.6. The van der Waals surface area contributed by atoms with Crippen LogP contribution in [0.5, 0.6) is 0 Å². The smallest absolute Gasteiger partial charge is 0.127 e. The fraction of sp³-hybridized carbons (Fsp3) is 0.500. The van der Waals surface area contributed by atoms with Crippen molar-refractivity contribution in [1.82, 2.24) is 0 Å². The third kappa shape index (κ3) is 2.08. The van der Waals surface area contributed by atoms with Gasteiger partial charge in [0.05, 0.1) is 14.1 Å². The molecule has 5 heteroatoms. The van der Waals surface area contributed by atoms with E-state index in [-0.39, 0.29) is 11.9 Å². The van der Waals surface area contributed by atoms with Gasteiger partial charge in [-0.05, 0) is 35.6 Å². The number of benzene rings is 1. The molecule has 0 spiro atoms. The van der Waals surface area contributed by atoms with Crippen LogP contribution in [0.1, 0.15) is 23.6 Å². The monoisotopic (exact) mass is 249 g/mol. The molecule has 1 unspecified atom stereocenters. The highest BCUT2D eigenvalue weighted by Gasteiger charge is 2.31. The summed E-state index contributed by atoms with van der Waals surface area (Å²) in [6.07, 6.45) is 1.56. The van der Waals surface area contributed by atoms with Gasteiger partial charge in [-0.2, -0.15) is 0 Å². The normalized spacial score (nSPS) is 18.7. The first kappa shape index (κ1) is 12.1. The van der Waals surface area contributed by atoms with Crippen LogP contribution in [0.15, 0.2) is 17.2 Å². The highest BCUT2D eigenvalue weighted by molar-refractivity contribution is 6.89. The van der Waals surface area contributed by atoms with Crippen LogP contribution in [0.4, 0.5) is 4.39 Å². The molecule has 2 rings (SSSR count). The lowest BCUT2D eigenvalue weighted by atomic mass is 10.1.